The zero-order valence-electron chi connectivity index (χ0n) is 15.8. The molecule has 2 aliphatic rings. The number of carbonyl (C=O) groups is 1. The molecule has 0 bridgehead atoms. The van der Waals surface area contributed by atoms with Gasteiger partial charge in [0.15, 0.2) is 0 Å². The Morgan fingerprint density at radius 1 is 1.19 bits per heavy atom. The van der Waals surface area contributed by atoms with E-state index in [4.69, 9.17) is 4.74 Å². The van der Waals surface area contributed by atoms with Crippen LogP contribution in [0, 0.1) is 5.92 Å². The zero-order chi connectivity index (χ0) is 18.6. The molecular formula is C21H26N4O2. The van der Waals surface area contributed by atoms with Crippen LogP contribution in [0.25, 0.3) is 0 Å². The van der Waals surface area contributed by atoms with Gasteiger partial charge in [-0.25, -0.2) is 9.97 Å². The number of piperazine rings is 1. The Hall–Kier alpha value is -2.63. The molecule has 6 heteroatoms. The van der Waals surface area contributed by atoms with Gasteiger partial charge in [0.1, 0.15) is 17.9 Å². The number of carbonyl (C=O) groups excluding carboxylic acids is 1. The molecule has 3 heterocycles. The number of fused-ring (bicyclic) bond motifs is 1. The monoisotopic (exact) mass is 366 g/mol. The molecule has 4 rings (SSSR count). The normalized spacial score (nSPS) is 19.8. The Kier molecular flexibility index (Phi) is 5.23. The molecule has 0 spiro atoms. The standard InChI is InChI=1S/C21H26N4O2/c1-2-18-14-20(23-15-22-18)24-8-10-25(11-9-24)21(26)17-7-12-27-19-6-4-3-5-16(19)13-17/h3-6,14-15,17H,2,7-13H2,1H3/t17-/m0/s1. The maximum absolute atomic E-state index is 13.1. The minimum atomic E-state index is 0.00550. The summed E-state index contributed by atoms with van der Waals surface area (Å²) in [6, 6.07) is 10.1. The van der Waals surface area contributed by atoms with Crippen molar-refractivity contribution in [2.45, 2.75) is 26.2 Å². The Morgan fingerprint density at radius 2 is 2.00 bits per heavy atom. The third-order valence-corrected chi connectivity index (χ3v) is 5.50. The molecule has 2 aliphatic heterocycles. The smallest absolute Gasteiger partial charge is 0.226 e. The van der Waals surface area contributed by atoms with Crippen LogP contribution in [0.2, 0.25) is 0 Å². The minimum absolute atomic E-state index is 0.00550. The van der Waals surface area contributed by atoms with Crippen molar-refractivity contribution in [1.29, 1.82) is 0 Å². The van der Waals surface area contributed by atoms with Gasteiger partial charge in [-0.1, -0.05) is 25.1 Å². The van der Waals surface area contributed by atoms with Crippen molar-refractivity contribution in [3.8, 4) is 5.75 Å². The van der Waals surface area contributed by atoms with E-state index in [0.29, 0.717) is 6.61 Å². The highest BCUT2D eigenvalue weighted by atomic mass is 16.5. The predicted octanol–water partition coefficient (Wildman–Crippen LogP) is 2.33. The molecule has 1 fully saturated rings. The van der Waals surface area contributed by atoms with E-state index in [1.165, 1.54) is 0 Å². The average molecular weight is 366 g/mol. The molecule has 0 saturated carbocycles. The largest absolute Gasteiger partial charge is 0.493 e. The average Bonchev–Trinajstić information content (AvgIpc) is 2.96. The second-order valence-corrected chi connectivity index (χ2v) is 7.18. The second-order valence-electron chi connectivity index (χ2n) is 7.18. The minimum Gasteiger partial charge on any atom is -0.493 e. The van der Waals surface area contributed by atoms with Crippen LogP contribution in [-0.2, 0) is 17.6 Å². The van der Waals surface area contributed by atoms with Gasteiger partial charge >= 0.3 is 0 Å². The Labute approximate surface area is 160 Å². The molecule has 0 radical (unpaired) electrons. The number of hydrogen-bond donors (Lipinski definition) is 0. The number of benzene rings is 1. The molecule has 142 valence electrons. The summed E-state index contributed by atoms with van der Waals surface area (Å²) in [6.45, 7) is 5.80. The molecule has 1 aromatic carbocycles. The molecule has 1 aromatic heterocycles. The van der Waals surface area contributed by atoms with E-state index < -0.39 is 0 Å². The third-order valence-electron chi connectivity index (χ3n) is 5.50. The van der Waals surface area contributed by atoms with Gasteiger partial charge in [0.2, 0.25) is 5.91 Å². The fourth-order valence-electron chi connectivity index (χ4n) is 3.87. The van der Waals surface area contributed by atoms with Crippen molar-refractivity contribution in [2.24, 2.45) is 5.92 Å². The first-order valence-corrected chi connectivity index (χ1v) is 9.80. The SMILES string of the molecule is CCc1cc(N2CCN(C(=O)[C@H]3CCOc4ccccc4C3)CC2)ncn1. The van der Waals surface area contributed by atoms with Crippen LogP contribution in [0.4, 0.5) is 5.82 Å². The second kappa shape index (κ2) is 7.94. The van der Waals surface area contributed by atoms with Crippen LogP contribution < -0.4 is 9.64 Å². The molecule has 27 heavy (non-hydrogen) atoms. The van der Waals surface area contributed by atoms with E-state index in [9.17, 15) is 4.79 Å². The molecule has 1 amide bonds. The highest BCUT2D eigenvalue weighted by Crippen LogP contribution is 2.28. The van der Waals surface area contributed by atoms with Gasteiger partial charge in [-0.2, -0.15) is 0 Å². The summed E-state index contributed by atoms with van der Waals surface area (Å²) in [6.07, 6.45) is 4.08. The lowest BCUT2D eigenvalue weighted by Crippen LogP contribution is -2.51. The number of para-hydroxylation sites is 1. The van der Waals surface area contributed by atoms with Crippen molar-refractivity contribution in [1.82, 2.24) is 14.9 Å². The van der Waals surface area contributed by atoms with Gasteiger partial charge in [-0.05, 0) is 30.9 Å². The van der Waals surface area contributed by atoms with Gasteiger partial charge < -0.3 is 14.5 Å². The van der Waals surface area contributed by atoms with Crippen LogP contribution in [0.5, 0.6) is 5.75 Å². The molecular weight excluding hydrogens is 340 g/mol. The first-order valence-electron chi connectivity index (χ1n) is 9.80. The summed E-state index contributed by atoms with van der Waals surface area (Å²) in [7, 11) is 0. The Balaban J connectivity index is 1.38. The highest BCUT2D eigenvalue weighted by molar-refractivity contribution is 5.79. The molecule has 1 atom stereocenters. The van der Waals surface area contributed by atoms with E-state index in [1.54, 1.807) is 6.33 Å². The van der Waals surface area contributed by atoms with E-state index in [0.717, 1.165) is 68.3 Å². The lowest BCUT2D eigenvalue weighted by molar-refractivity contribution is -0.136. The molecule has 1 saturated heterocycles. The number of rotatable bonds is 3. The number of anilines is 1. The number of aromatic nitrogens is 2. The fourth-order valence-corrected chi connectivity index (χ4v) is 3.87. The summed E-state index contributed by atoms with van der Waals surface area (Å²) < 4.78 is 5.82. The van der Waals surface area contributed by atoms with Gasteiger partial charge in [0, 0.05) is 43.9 Å². The lowest BCUT2D eigenvalue weighted by Gasteiger charge is -2.37. The van der Waals surface area contributed by atoms with E-state index in [-0.39, 0.29) is 11.8 Å². The van der Waals surface area contributed by atoms with Crippen molar-refractivity contribution < 1.29 is 9.53 Å². The van der Waals surface area contributed by atoms with Crippen LogP contribution in [0.3, 0.4) is 0 Å². The van der Waals surface area contributed by atoms with Gasteiger partial charge in [-0.3, -0.25) is 4.79 Å². The summed E-state index contributed by atoms with van der Waals surface area (Å²) in [4.78, 5) is 26.0. The maximum atomic E-state index is 13.1. The van der Waals surface area contributed by atoms with Crippen LogP contribution >= 0.6 is 0 Å². The van der Waals surface area contributed by atoms with Crippen molar-refractivity contribution in [3.63, 3.8) is 0 Å². The fraction of sp³-hybridized carbons (Fsp3) is 0.476. The zero-order valence-corrected chi connectivity index (χ0v) is 15.8. The summed E-state index contributed by atoms with van der Waals surface area (Å²) in [5.41, 5.74) is 2.19. The number of aryl methyl sites for hydroxylation is 1. The quantitative estimate of drug-likeness (QED) is 0.834. The molecule has 6 nitrogen and oxygen atoms in total. The number of hydrogen-bond acceptors (Lipinski definition) is 5. The predicted molar refractivity (Wildman–Crippen MR) is 104 cm³/mol. The van der Waals surface area contributed by atoms with Crippen LogP contribution in [0.1, 0.15) is 24.6 Å². The van der Waals surface area contributed by atoms with Crippen molar-refractivity contribution in [3.05, 3.63) is 47.9 Å². The van der Waals surface area contributed by atoms with Crippen LogP contribution in [-0.4, -0.2) is 53.6 Å². The Morgan fingerprint density at radius 3 is 2.81 bits per heavy atom. The molecule has 0 aliphatic carbocycles. The summed E-state index contributed by atoms with van der Waals surface area (Å²) in [5.74, 6) is 2.15. The lowest BCUT2D eigenvalue weighted by atomic mass is 9.95. The van der Waals surface area contributed by atoms with Crippen molar-refractivity contribution in [2.75, 3.05) is 37.7 Å². The van der Waals surface area contributed by atoms with E-state index in [1.807, 2.05) is 23.1 Å². The van der Waals surface area contributed by atoms with E-state index >= 15 is 0 Å². The van der Waals surface area contributed by atoms with Crippen molar-refractivity contribution >= 4 is 11.7 Å². The maximum Gasteiger partial charge on any atom is 0.226 e. The van der Waals surface area contributed by atoms with E-state index in [2.05, 4.69) is 33.9 Å². The highest BCUT2D eigenvalue weighted by Gasteiger charge is 2.30. The topological polar surface area (TPSA) is 58.6 Å². The molecule has 2 aromatic rings. The summed E-state index contributed by atoms with van der Waals surface area (Å²) in [5, 5.41) is 0. The van der Waals surface area contributed by atoms with Crippen LogP contribution in [0.15, 0.2) is 36.7 Å². The molecule has 0 unspecified atom stereocenters. The first kappa shape index (κ1) is 17.8. The van der Waals surface area contributed by atoms with Gasteiger partial charge in [0.25, 0.3) is 0 Å². The summed E-state index contributed by atoms with van der Waals surface area (Å²) >= 11 is 0. The van der Waals surface area contributed by atoms with Gasteiger partial charge in [-0.15, -0.1) is 0 Å². The third kappa shape index (κ3) is 3.89. The Bertz CT molecular complexity index is 802. The number of ether oxygens (including phenoxy) is 1. The number of nitrogens with zero attached hydrogens (tertiary/aromatic N) is 4. The first-order chi connectivity index (χ1) is 13.2. The van der Waals surface area contributed by atoms with Gasteiger partial charge in [0.05, 0.1) is 6.61 Å². The molecule has 0 N–H and O–H groups in total. The number of amides is 1.